The van der Waals surface area contributed by atoms with Crippen LogP contribution in [0.15, 0.2) is 40.9 Å². The highest BCUT2D eigenvalue weighted by Gasteiger charge is 2.13. The van der Waals surface area contributed by atoms with Gasteiger partial charge in [0.15, 0.2) is 0 Å². The fourth-order valence-electron chi connectivity index (χ4n) is 2.09. The molecule has 0 atom stereocenters. The maximum atomic E-state index is 13.6. The fraction of sp³-hybridized carbons (Fsp3) is 0.188. The van der Waals surface area contributed by atoms with Gasteiger partial charge in [0.1, 0.15) is 5.82 Å². The number of anilines is 1. The van der Waals surface area contributed by atoms with E-state index < -0.39 is 5.82 Å². The Balaban J connectivity index is 2.28. The molecule has 2 aromatic carbocycles. The summed E-state index contributed by atoms with van der Waals surface area (Å²) in [4.78, 5) is 12.4. The summed E-state index contributed by atoms with van der Waals surface area (Å²) in [6.07, 6.45) is 0.622. The molecule has 3 N–H and O–H groups in total. The largest absolute Gasteiger partial charge is 0.330 e. The monoisotopic (exact) mass is 350 g/mol. The Kier molecular flexibility index (Phi) is 5.09. The van der Waals surface area contributed by atoms with Gasteiger partial charge < -0.3 is 11.1 Å². The van der Waals surface area contributed by atoms with Crippen molar-refractivity contribution in [3.63, 3.8) is 0 Å². The van der Waals surface area contributed by atoms with Crippen molar-refractivity contribution in [3.8, 4) is 0 Å². The molecule has 0 heterocycles. The molecule has 2 rings (SSSR count). The molecule has 0 spiro atoms. The van der Waals surface area contributed by atoms with E-state index in [1.54, 1.807) is 18.2 Å². The van der Waals surface area contributed by atoms with Gasteiger partial charge in [-0.15, -0.1) is 0 Å². The van der Waals surface area contributed by atoms with Crippen LogP contribution >= 0.6 is 15.9 Å². The lowest BCUT2D eigenvalue weighted by Gasteiger charge is -2.12. The zero-order valence-corrected chi connectivity index (χ0v) is 13.2. The second-order valence-electron chi connectivity index (χ2n) is 4.73. The average molecular weight is 351 g/mol. The number of carbonyl (C=O) groups is 1. The quantitative estimate of drug-likeness (QED) is 0.884. The lowest BCUT2D eigenvalue weighted by atomic mass is 10.0. The van der Waals surface area contributed by atoms with Crippen LogP contribution in [-0.2, 0) is 6.42 Å². The number of benzene rings is 2. The van der Waals surface area contributed by atoms with Crippen LogP contribution in [0, 0.1) is 12.7 Å². The minimum atomic E-state index is -0.411. The van der Waals surface area contributed by atoms with Crippen molar-refractivity contribution in [1.82, 2.24) is 0 Å². The third-order valence-electron chi connectivity index (χ3n) is 3.19. The summed E-state index contributed by atoms with van der Waals surface area (Å²) < 4.78 is 14.0. The first-order chi connectivity index (χ1) is 10.0. The molecule has 0 aromatic heterocycles. The van der Waals surface area contributed by atoms with Gasteiger partial charge in [-0.3, -0.25) is 4.79 Å². The first kappa shape index (κ1) is 15.7. The lowest BCUT2D eigenvalue weighted by molar-refractivity contribution is 0.102. The predicted octanol–water partition coefficient (Wildman–Crippen LogP) is 3.65. The minimum Gasteiger partial charge on any atom is -0.330 e. The van der Waals surface area contributed by atoms with E-state index >= 15 is 0 Å². The SMILES string of the molecule is Cc1cc(Br)c(F)cc1NC(=O)c1ccccc1CCN. The second kappa shape index (κ2) is 6.83. The number of carbonyl (C=O) groups excluding carboxylic acids is 1. The molecule has 0 bridgehead atoms. The average Bonchev–Trinajstić information content (AvgIpc) is 2.45. The minimum absolute atomic E-state index is 0.260. The van der Waals surface area contributed by atoms with E-state index in [2.05, 4.69) is 21.2 Å². The van der Waals surface area contributed by atoms with Gasteiger partial charge in [-0.05, 0) is 65.1 Å². The number of amides is 1. The van der Waals surface area contributed by atoms with Crippen molar-refractivity contribution >= 4 is 27.5 Å². The van der Waals surface area contributed by atoms with Crippen molar-refractivity contribution in [2.45, 2.75) is 13.3 Å². The van der Waals surface area contributed by atoms with Crippen LogP contribution in [-0.4, -0.2) is 12.5 Å². The van der Waals surface area contributed by atoms with E-state index in [4.69, 9.17) is 5.73 Å². The van der Waals surface area contributed by atoms with Crippen LogP contribution < -0.4 is 11.1 Å². The maximum Gasteiger partial charge on any atom is 0.255 e. The highest BCUT2D eigenvalue weighted by atomic mass is 79.9. The van der Waals surface area contributed by atoms with E-state index in [0.29, 0.717) is 28.7 Å². The molecule has 2 aromatic rings. The Labute approximate surface area is 131 Å². The van der Waals surface area contributed by atoms with E-state index in [1.807, 2.05) is 19.1 Å². The van der Waals surface area contributed by atoms with Crippen molar-refractivity contribution in [1.29, 1.82) is 0 Å². The van der Waals surface area contributed by atoms with Gasteiger partial charge in [0.05, 0.1) is 4.47 Å². The summed E-state index contributed by atoms with van der Waals surface area (Å²) in [5.41, 5.74) is 8.25. The summed E-state index contributed by atoms with van der Waals surface area (Å²) in [6.45, 7) is 2.28. The molecule has 0 radical (unpaired) electrons. The first-order valence-electron chi connectivity index (χ1n) is 6.58. The van der Waals surface area contributed by atoms with E-state index in [9.17, 15) is 9.18 Å². The third kappa shape index (κ3) is 3.68. The van der Waals surface area contributed by atoms with Gasteiger partial charge in [-0.25, -0.2) is 4.39 Å². The van der Waals surface area contributed by atoms with Crippen LogP contribution in [0.2, 0.25) is 0 Å². The predicted molar refractivity (Wildman–Crippen MR) is 86.0 cm³/mol. The molecule has 0 saturated carbocycles. The van der Waals surface area contributed by atoms with Crippen molar-refractivity contribution < 1.29 is 9.18 Å². The fourth-order valence-corrected chi connectivity index (χ4v) is 2.54. The van der Waals surface area contributed by atoms with E-state index in [1.165, 1.54) is 6.07 Å². The summed E-state index contributed by atoms with van der Waals surface area (Å²) in [5, 5.41) is 2.75. The van der Waals surface area contributed by atoms with Crippen LogP contribution in [0.4, 0.5) is 10.1 Å². The number of hydrogen-bond donors (Lipinski definition) is 2. The Bertz CT molecular complexity index is 673. The topological polar surface area (TPSA) is 55.1 Å². The third-order valence-corrected chi connectivity index (χ3v) is 3.80. The zero-order valence-electron chi connectivity index (χ0n) is 11.6. The molecule has 0 fully saturated rings. The highest BCUT2D eigenvalue weighted by Crippen LogP contribution is 2.24. The van der Waals surface area contributed by atoms with Gasteiger partial charge in [0.2, 0.25) is 0 Å². The number of halogens is 2. The van der Waals surface area contributed by atoms with Gasteiger partial charge in [-0.2, -0.15) is 0 Å². The highest BCUT2D eigenvalue weighted by molar-refractivity contribution is 9.10. The molecule has 3 nitrogen and oxygen atoms in total. The number of aryl methyl sites for hydroxylation is 1. The first-order valence-corrected chi connectivity index (χ1v) is 7.37. The number of nitrogens with two attached hydrogens (primary N) is 1. The molecule has 0 saturated heterocycles. The van der Waals surface area contributed by atoms with Gasteiger partial charge in [0.25, 0.3) is 5.91 Å². The lowest BCUT2D eigenvalue weighted by Crippen LogP contribution is -2.16. The molecule has 0 aliphatic heterocycles. The van der Waals surface area contributed by atoms with Crippen LogP contribution in [0.3, 0.4) is 0 Å². The molecule has 0 aliphatic carbocycles. The summed E-state index contributed by atoms with van der Waals surface area (Å²) in [6, 6.07) is 10.2. The molecule has 110 valence electrons. The number of hydrogen-bond acceptors (Lipinski definition) is 2. The summed E-state index contributed by atoms with van der Waals surface area (Å²) in [5.74, 6) is -0.671. The van der Waals surface area contributed by atoms with Crippen molar-refractivity contribution in [3.05, 3.63) is 63.4 Å². The van der Waals surface area contributed by atoms with E-state index in [0.717, 1.165) is 11.1 Å². The standard InChI is InChI=1S/C16H16BrFN2O/c1-10-8-13(17)14(18)9-15(10)20-16(21)12-5-3-2-4-11(12)6-7-19/h2-5,8-9H,6-7,19H2,1H3,(H,20,21). The maximum absolute atomic E-state index is 13.6. The zero-order chi connectivity index (χ0) is 15.4. The molecule has 21 heavy (non-hydrogen) atoms. The Hall–Kier alpha value is -1.72. The normalized spacial score (nSPS) is 10.5. The van der Waals surface area contributed by atoms with Gasteiger partial charge in [-0.1, -0.05) is 18.2 Å². The van der Waals surface area contributed by atoms with Gasteiger partial charge >= 0.3 is 0 Å². The molecule has 1 amide bonds. The summed E-state index contributed by atoms with van der Waals surface area (Å²) in [7, 11) is 0. The van der Waals surface area contributed by atoms with Crippen LogP contribution in [0.25, 0.3) is 0 Å². The Morgan fingerprint density at radius 1 is 1.33 bits per heavy atom. The van der Waals surface area contributed by atoms with Crippen molar-refractivity contribution in [2.75, 3.05) is 11.9 Å². The second-order valence-corrected chi connectivity index (χ2v) is 5.59. The van der Waals surface area contributed by atoms with Crippen LogP contribution in [0.1, 0.15) is 21.5 Å². The molecule has 5 heteroatoms. The van der Waals surface area contributed by atoms with Crippen molar-refractivity contribution in [2.24, 2.45) is 5.73 Å². The van der Waals surface area contributed by atoms with Gasteiger partial charge in [0, 0.05) is 11.3 Å². The molecular weight excluding hydrogens is 335 g/mol. The van der Waals surface area contributed by atoms with Crippen LogP contribution in [0.5, 0.6) is 0 Å². The smallest absolute Gasteiger partial charge is 0.255 e. The summed E-state index contributed by atoms with van der Waals surface area (Å²) >= 11 is 3.12. The number of rotatable bonds is 4. The number of nitrogens with one attached hydrogen (secondary N) is 1. The molecular formula is C16H16BrFN2O. The Morgan fingerprint density at radius 3 is 2.76 bits per heavy atom. The Morgan fingerprint density at radius 2 is 2.05 bits per heavy atom. The van der Waals surface area contributed by atoms with E-state index in [-0.39, 0.29) is 5.91 Å². The molecule has 0 aliphatic rings. The molecule has 0 unspecified atom stereocenters.